The molecular weight excluding hydrogens is 349 g/mol. The molecule has 1 aromatic heterocycles. The van der Waals surface area contributed by atoms with E-state index in [9.17, 15) is 12.8 Å². The predicted octanol–water partition coefficient (Wildman–Crippen LogP) is 4.99. The Morgan fingerprint density at radius 2 is 1.54 bits per heavy atom. The number of hydrogen-bond donors (Lipinski definition) is 0. The lowest BCUT2D eigenvalue weighted by atomic mass is 10.1. The highest BCUT2D eigenvalue weighted by Crippen LogP contribution is 2.33. The molecule has 130 valence electrons. The minimum absolute atomic E-state index is 0.169. The number of hydrogen-bond acceptors (Lipinski definition) is 2. The molecule has 0 bridgehead atoms. The zero-order chi connectivity index (χ0) is 18.3. The molecule has 5 heteroatoms. The maximum absolute atomic E-state index is 14.3. The van der Waals surface area contributed by atoms with E-state index in [2.05, 4.69) is 0 Å². The number of nitrogens with zero attached hydrogens (tertiary/aromatic N) is 1. The van der Waals surface area contributed by atoms with Gasteiger partial charge in [-0.1, -0.05) is 54.1 Å². The second-order valence-corrected chi connectivity index (χ2v) is 7.94. The van der Waals surface area contributed by atoms with Crippen LogP contribution in [0.15, 0.2) is 83.8 Å². The molecule has 0 amide bonds. The topological polar surface area (TPSA) is 39.1 Å². The third kappa shape index (κ3) is 2.61. The normalized spacial score (nSPS) is 11.8. The zero-order valence-corrected chi connectivity index (χ0v) is 14.9. The second kappa shape index (κ2) is 6.11. The van der Waals surface area contributed by atoms with Crippen LogP contribution in [0.2, 0.25) is 0 Å². The van der Waals surface area contributed by atoms with E-state index < -0.39 is 15.8 Å². The number of aromatic nitrogens is 1. The summed E-state index contributed by atoms with van der Waals surface area (Å²) in [5.74, 6) is -0.447. The molecule has 0 aliphatic rings. The molecule has 0 atom stereocenters. The Morgan fingerprint density at radius 3 is 2.23 bits per heavy atom. The highest BCUT2D eigenvalue weighted by atomic mass is 32.2. The number of fused-ring (bicyclic) bond motifs is 1. The fourth-order valence-electron chi connectivity index (χ4n) is 3.05. The van der Waals surface area contributed by atoms with Gasteiger partial charge in [0.2, 0.25) is 0 Å². The first-order valence-electron chi connectivity index (χ1n) is 8.16. The van der Waals surface area contributed by atoms with Crippen molar-refractivity contribution in [1.82, 2.24) is 3.97 Å². The molecule has 0 aliphatic heterocycles. The summed E-state index contributed by atoms with van der Waals surface area (Å²) in [5.41, 5.74) is 2.44. The van der Waals surface area contributed by atoms with E-state index in [0.717, 1.165) is 5.56 Å². The first kappa shape index (κ1) is 16.5. The van der Waals surface area contributed by atoms with Crippen molar-refractivity contribution in [3.63, 3.8) is 0 Å². The summed E-state index contributed by atoms with van der Waals surface area (Å²) in [6.07, 6.45) is 0. The van der Waals surface area contributed by atoms with Crippen molar-refractivity contribution >= 4 is 20.9 Å². The molecule has 0 saturated heterocycles. The van der Waals surface area contributed by atoms with Crippen molar-refractivity contribution in [2.75, 3.05) is 0 Å². The molecule has 0 N–H and O–H groups in total. The maximum atomic E-state index is 14.3. The van der Waals surface area contributed by atoms with Crippen LogP contribution in [-0.2, 0) is 10.0 Å². The van der Waals surface area contributed by atoms with Crippen LogP contribution < -0.4 is 0 Å². The van der Waals surface area contributed by atoms with Crippen molar-refractivity contribution < 1.29 is 12.8 Å². The van der Waals surface area contributed by atoms with E-state index in [4.69, 9.17) is 0 Å². The van der Waals surface area contributed by atoms with Gasteiger partial charge in [0.15, 0.2) is 0 Å². The number of aryl methyl sites for hydroxylation is 1. The van der Waals surface area contributed by atoms with E-state index in [1.54, 1.807) is 36.4 Å². The Balaban J connectivity index is 2.08. The quantitative estimate of drug-likeness (QED) is 0.513. The molecule has 1 heterocycles. The lowest BCUT2D eigenvalue weighted by Gasteiger charge is -2.12. The summed E-state index contributed by atoms with van der Waals surface area (Å²) in [4.78, 5) is 0.169. The van der Waals surface area contributed by atoms with Gasteiger partial charge in [-0.25, -0.2) is 16.8 Å². The molecular formula is C21H16FNO2S. The summed E-state index contributed by atoms with van der Waals surface area (Å²) < 4.78 is 42.3. The number of halogens is 1. The fourth-order valence-corrected chi connectivity index (χ4v) is 4.58. The van der Waals surface area contributed by atoms with Crippen LogP contribution in [-0.4, -0.2) is 12.4 Å². The average Bonchev–Trinajstić information content (AvgIpc) is 3.05. The predicted molar refractivity (Wildman–Crippen MR) is 101 cm³/mol. The monoisotopic (exact) mass is 365 g/mol. The van der Waals surface area contributed by atoms with Crippen LogP contribution in [0.4, 0.5) is 4.39 Å². The van der Waals surface area contributed by atoms with E-state index in [0.29, 0.717) is 16.8 Å². The van der Waals surface area contributed by atoms with Gasteiger partial charge in [0.05, 0.1) is 16.1 Å². The Labute approximate surface area is 151 Å². The van der Waals surface area contributed by atoms with E-state index >= 15 is 0 Å². The minimum Gasteiger partial charge on any atom is -0.233 e. The molecule has 0 unspecified atom stereocenters. The van der Waals surface area contributed by atoms with Gasteiger partial charge in [-0.2, -0.15) is 0 Å². The fraction of sp³-hybridized carbons (Fsp3) is 0.0476. The smallest absolute Gasteiger partial charge is 0.233 e. The maximum Gasteiger partial charge on any atom is 0.268 e. The summed E-state index contributed by atoms with van der Waals surface area (Å²) in [7, 11) is -3.88. The first-order valence-corrected chi connectivity index (χ1v) is 9.60. The van der Waals surface area contributed by atoms with Gasteiger partial charge in [0.1, 0.15) is 5.82 Å². The van der Waals surface area contributed by atoms with E-state index in [-0.39, 0.29) is 10.3 Å². The van der Waals surface area contributed by atoms with Crippen LogP contribution in [0.25, 0.3) is 22.2 Å². The molecule has 3 aromatic carbocycles. The van der Waals surface area contributed by atoms with Crippen LogP contribution >= 0.6 is 0 Å². The second-order valence-electron chi connectivity index (χ2n) is 6.15. The Hall–Kier alpha value is -2.92. The first-order chi connectivity index (χ1) is 12.5. The molecule has 3 nitrogen and oxygen atoms in total. The molecule has 4 rings (SSSR count). The number of benzene rings is 3. The summed E-state index contributed by atoms with van der Waals surface area (Å²) in [5, 5.41) is 0.280. The molecule has 0 radical (unpaired) electrons. The van der Waals surface area contributed by atoms with Crippen molar-refractivity contribution in [2.45, 2.75) is 11.8 Å². The molecule has 0 aliphatic carbocycles. The molecule has 0 saturated carbocycles. The van der Waals surface area contributed by atoms with Gasteiger partial charge in [0.25, 0.3) is 10.0 Å². The number of rotatable bonds is 3. The lowest BCUT2D eigenvalue weighted by Crippen LogP contribution is -2.14. The largest absolute Gasteiger partial charge is 0.268 e. The average molecular weight is 365 g/mol. The van der Waals surface area contributed by atoms with Gasteiger partial charge in [-0.15, -0.1) is 0 Å². The van der Waals surface area contributed by atoms with Crippen LogP contribution in [0.5, 0.6) is 0 Å². The van der Waals surface area contributed by atoms with Crippen molar-refractivity contribution in [2.24, 2.45) is 0 Å². The van der Waals surface area contributed by atoms with Gasteiger partial charge < -0.3 is 0 Å². The Morgan fingerprint density at radius 1 is 0.846 bits per heavy atom. The van der Waals surface area contributed by atoms with Crippen molar-refractivity contribution in [1.29, 1.82) is 0 Å². The third-order valence-electron chi connectivity index (χ3n) is 4.38. The van der Waals surface area contributed by atoms with Crippen LogP contribution in [0.3, 0.4) is 0 Å². The van der Waals surface area contributed by atoms with Crippen molar-refractivity contribution in [3.8, 4) is 11.3 Å². The van der Waals surface area contributed by atoms with Crippen molar-refractivity contribution in [3.05, 3.63) is 90.2 Å². The summed E-state index contributed by atoms with van der Waals surface area (Å²) in [6, 6.07) is 21.8. The Kier molecular flexibility index (Phi) is 3.89. The molecule has 4 aromatic rings. The Bertz CT molecular complexity index is 1190. The van der Waals surface area contributed by atoms with Gasteiger partial charge in [-0.05, 0) is 42.8 Å². The highest BCUT2D eigenvalue weighted by molar-refractivity contribution is 7.90. The van der Waals surface area contributed by atoms with Crippen LogP contribution in [0, 0.1) is 12.7 Å². The van der Waals surface area contributed by atoms with E-state index in [1.165, 1.54) is 16.1 Å². The van der Waals surface area contributed by atoms with E-state index in [1.807, 2.05) is 37.3 Å². The minimum atomic E-state index is -3.88. The summed E-state index contributed by atoms with van der Waals surface area (Å²) >= 11 is 0. The molecule has 26 heavy (non-hydrogen) atoms. The van der Waals surface area contributed by atoms with Gasteiger partial charge in [0, 0.05) is 5.39 Å². The van der Waals surface area contributed by atoms with Crippen LogP contribution in [0.1, 0.15) is 5.56 Å². The van der Waals surface area contributed by atoms with Gasteiger partial charge >= 0.3 is 0 Å². The SMILES string of the molecule is Cc1ccc(S(=O)(=O)n2c(-c3ccccc3)cc3c(F)cccc32)cc1. The molecule has 0 fully saturated rings. The standard InChI is InChI=1S/C21H16FNO2S/c1-15-10-12-17(13-11-15)26(24,25)23-20-9-5-8-19(22)18(20)14-21(23)16-6-3-2-4-7-16/h2-14H,1H3. The molecule has 0 spiro atoms. The third-order valence-corrected chi connectivity index (χ3v) is 6.12. The highest BCUT2D eigenvalue weighted by Gasteiger charge is 2.24. The van der Waals surface area contributed by atoms with Gasteiger partial charge in [-0.3, -0.25) is 0 Å². The summed E-state index contributed by atoms with van der Waals surface area (Å²) in [6.45, 7) is 1.90. The lowest BCUT2D eigenvalue weighted by molar-refractivity contribution is 0.589. The zero-order valence-electron chi connectivity index (χ0n) is 14.1.